The molecule has 1 aliphatic heterocycles. The highest BCUT2D eigenvalue weighted by molar-refractivity contribution is 5.95. The molecule has 0 saturated carbocycles. The van der Waals surface area contributed by atoms with Crippen LogP contribution in [0.1, 0.15) is 69.3 Å². The Morgan fingerprint density at radius 1 is 1.17 bits per heavy atom. The van der Waals surface area contributed by atoms with Gasteiger partial charge < -0.3 is 10.2 Å². The highest BCUT2D eigenvalue weighted by atomic mass is 16.2. The summed E-state index contributed by atoms with van der Waals surface area (Å²) >= 11 is 0. The van der Waals surface area contributed by atoms with Crippen molar-refractivity contribution in [3.05, 3.63) is 47.3 Å². The average Bonchev–Trinajstić information content (AvgIpc) is 3.29. The Hall–Kier alpha value is -2.63. The number of aromatic nitrogens is 2. The summed E-state index contributed by atoms with van der Waals surface area (Å²) in [5.74, 6) is 0.204. The van der Waals surface area contributed by atoms with Crippen LogP contribution in [-0.4, -0.2) is 28.1 Å². The Balaban J connectivity index is 1.41. The molecule has 1 atom stereocenters. The lowest BCUT2D eigenvalue weighted by Gasteiger charge is -2.28. The molecule has 29 heavy (non-hydrogen) atoms. The van der Waals surface area contributed by atoms with Crippen molar-refractivity contribution in [2.75, 3.05) is 11.4 Å². The number of amides is 2. The minimum atomic E-state index is -0.0576. The molecule has 2 heterocycles. The van der Waals surface area contributed by atoms with Crippen molar-refractivity contribution >= 4 is 17.5 Å². The lowest BCUT2D eigenvalue weighted by Crippen LogP contribution is -2.33. The summed E-state index contributed by atoms with van der Waals surface area (Å²) in [5.41, 5.74) is 4.22. The molecule has 1 aliphatic carbocycles. The van der Waals surface area contributed by atoms with Crippen LogP contribution in [0, 0.1) is 0 Å². The van der Waals surface area contributed by atoms with Crippen LogP contribution in [0.3, 0.4) is 0 Å². The predicted molar refractivity (Wildman–Crippen MR) is 113 cm³/mol. The fourth-order valence-corrected chi connectivity index (χ4v) is 4.43. The Morgan fingerprint density at radius 3 is 2.59 bits per heavy atom. The number of carbonyl (C=O) groups is 2. The Kier molecular flexibility index (Phi) is 5.19. The summed E-state index contributed by atoms with van der Waals surface area (Å²) in [5, 5.41) is 7.81. The van der Waals surface area contributed by atoms with Crippen LogP contribution in [0.25, 0.3) is 0 Å². The van der Waals surface area contributed by atoms with Gasteiger partial charge in [-0.25, -0.2) is 0 Å². The van der Waals surface area contributed by atoms with Crippen LogP contribution in [0.5, 0.6) is 0 Å². The third-order valence-corrected chi connectivity index (χ3v) is 5.84. The largest absolute Gasteiger partial charge is 0.349 e. The molecule has 1 N–H and O–H groups in total. The van der Waals surface area contributed by atoms with Gasteiger partial charge in [-0.05, 0) is 64.2 Å². The molecule has 1 aromatic heterocycles. The van der Waals surface area contributed by atoms with E-state index < -0.39 is 0 Å². The first-order valence-electron chi connectivity index (χ1n) is 10.6. The van der Waals surface area contributed by atoms with E-state index in [9.17, 15) is 9.59 Å². The second-order valence-electron chi connectivity index (χ2n) is 9.13. The second-order valence-corrected chi connectivity index (χ2v) is 9.13. The van der Waals surface area contributed by atoms with Crippen LogP contribution in [-0.2, 0) is 28.0 Å². The van der Waals surface area contributed by atoms with Gasteiger partial charge in [0.2, 0.25) is 11.8 Å². The fourth-order valence-electron chi connectivity index (χ4n) is 4.43. The molecule has 6 heteroatoms. The molecular weight excluding hydrogens is 364 g/mol. The van der Waals surface area contributed by atoms with Crippen molar-refractivity contribution in [1.82, 2.24) is 15.1 Å². The van der Waals surface area contributed by atoms with Gasteiger partial charge in [-0.2, -0.15) is 5.10 Å². The van der Waals surface area contributed by atoms with Gasteiger partial charge in [0, 0.05) is 29.9 Å². The monoisotopic (exact) mass is 394 g/mol. The number of hydrogen-bond acceptors (Lipinski definition) is 3. The highest BCUT2D eigenvalue weighted by Crippen LogP contribution is 2.32. The minimum Gasteiger partial charge on any atom is -0.349 e. The molecule has 1 aromatic carbocycles. The quantitative estimate of drug-likeness (QED) is 0.863. The van der Waals surface area contributed by atoms with Crippen molar-refractivity contribution in [1.29, 1.82) is 0 Å². The SMILES string of the molecule is CC(C)(C)n1ncc2c1CCC[C@@H]2NC(=O)Cc1ccc(N2CCCC2=O)cc1. The van der Waals surface area contributed by atoms with Crippen molar-refractivity contribution in [2.24, 2.45) is 0 Å². The van der Waals surface area contributed by atoms with Crippen molar-refractivity contribution in [3.8, 4) is 0 Å². The molecule has 2 amide bonds. The van der Waals surface area contributed by atoms with Gasteiger partial charge in [-0.15, -0.1) is 0 Å². The molecule has 0 unspecified atom stereocenters. The smallest absolute Gasteiger partial charge is 0.227 e. The minimum absolute atomic E-state index is 0.0244. The van der Waals surface area contributed by atoms with E-state index in [1.165, 1.54) is 5.69 Å². The van der Waals surface area contributed by atoms with E-state index >= 15 is 0 Å². The summed E-state index contributed by atoms with van der Waals surface area (Å²) in [6, 6.07) is 7.81. The zero-order valence-corrected chi connectivity index (χ0v) is 17.6. The lowest BCUT2D eigenvalue weighted by molar-refractivity contribution is -0.121. The molecular formula is C23H30N4O2. The number of rotatable bonds is 4. The first kappa shape index (κ1) is 19.7. The first-order chi connectivity index (χ1) is 13.8. The molecule has 1 saturated heterocycles. The molecule has 1 fully saturated rings. The van der Waals surface area contributed by atoms with Crippen LogP contribution in [0.15, 0.2) is 30.5 Å². The zero-order chi connectivity index (χ0) is 20.6. The maximum atomic E-state index is 12.7. The van der Waals surface area contributed by atoms with E-state index in [4.69, 9.17) is 0 Å². The van der Waals surface area contributed by atoms with Crippen molar-refractivity contribution in [3.63, 3.8) is 0 Å². The number of benzene rings is 1. The van der Waals surface area contributed by atoms with E-state index in [1.807, 2.05) is 35.4 Å². The molecule has 2 aromatic rings. The zero-order valence-electron chi connectivity index (χ0n) is 17.6. The topological polar surface area (TPSA) is 67.2 Å². The maximum Gasteiger partial charge on any atom is 0.227 e. The van der Waals surface area contributed by atoms with E-state index in [0.29, 0.717) is 12.8 Å². The summed E-state index contributed by atoms with van der Waals surface area (Å²) in [4.78, 5) is 26.4. The molecule has 4 rings (SSSR count). The number of carbonyl (C=O) groups excluding carboxylic acids is 2. The van der Waals surface area contributed by atoms with Gasteiger partial charge in [-0.3, -0.25) is 14.3 Å². The van der Waals surface area contributed by atoms with E-state index in [-0.39, 0.29) is 23.4 Å². The standard InChI is InChI=1S/C23H30N4O2/c1-23(2,3)27-20-7-4-6-19(18(20)15-24-27)25-21(28)14-16-9-11-17(12-10-16)26-13-5-8-22(26)29/h9-12,15,19H,4-8,13-14H2,1-3H3,(H,25,28)/t19-/m0/s1. The highest BCUT2D eigenvalue weighted by Gasteiger charge is 2.29. The summed E-state index contributed by atoms with van der Waals surface area (Å²) < 4.78 is 2.10. The Labute approximate surface area is 172 Å². The average molecular weight is 395 g/mol. The summed E-state index contributed by atoms with van der Waals surface area (Å²) in [6.45, 7) is 7.25. The van der Waals surface area contributed by atoms with Crippen molar-refractivity contribution < 1.29 is 9.59 Å². The van der Waals surface area contributed by atoms with Gasteiger partial charge in [0.1, 0.15) is 0 Å². The van der Waals surface area contributed by atoms with E-state index in [2.05, 4.69) is 35.9 Å². The van der Waals surface area contributed by atoms with Crippen LogP contribution < -0.4 is 10.2 Å². The second kappa shape index (κ2) is 7.65. The predicted octanol–water partition coefficient (Wildman–Crippen LogP) is 3.50. The lowest BCUT2D eigenvalue weighted by atomic mass is 9.92. The third kappa shape index (κ3) is 4.07. The fraction of sp³-hybridized carbons (Fsp3) is 0.522. The number of anilines is 1. The van der Waals surface area contributed by atoms with E-state index in [1.54, 1.807) is 0 Å². The normalized spacial score (nSPS) is 19.3. The Morgan fingerprint density at radius 2 is 1.93 bits per heavy atom. The number of nitrogens with zero attached hydrogens (tertiary/aromatic N) is 3. The molecule has 0 bridgehead atoms. The van der Waals surface area contributed by atoms with E-state index in [0.717, 1.165) is 49.0 Å². The molecule has 6 nitrogen and oxygen atoms in total. The molecule has 0 radical (unpaired) electrons. The first-order valence-corrected chi connectivity index (χ1v) is 10.6. The number of hydrogen-bond donors (Lipinski definition) is 1. The maximum absolute atomic E-state index is 12.7. The molecule has 154 valence electrons. The summed E-state index contributed by atoms with van der Waals surface area (Å²) in [6.07, 6.45) is 6.82. The van der Waals surface area contributed by atoms with Gasteiger partial charge >= 0.3 is 0 Å². The third-order valence-electron chi connectivity index (χ3n) is 5.84. The van der Waals surface area contributed by atoms with Crippen LogP contribution >= 0.6 is 0 Å². The van der Waals surface area contributed by atoms with Crippen molar-refractivity contribution in [2.45, 2.75) is 70.9 Å². The number of nitrogens with one attached hydrogen (secondary N) is 1. The molecule has 2 aliphatic rings. The van der Waals surface area contributed by atoms with Gasteiger partial charge in [0.15, 0.2) is 0 Å². The number of fused-ring (bicyclic) bond motifs is 1. The van der Waals surface area contributed by atoms with Gasteiger partial charge in [0.25, 0.3) is 0 Å². The Bertz CT molecular complexity index is 908. The van der Waals surface area contributed by atoms with Gasteiger partial charge in [-0.1, -0.05) is 12.1 Å². The van der Waals surface area contributed by atoms with Crippen LogP contribution in [0.4, 0.5) is 5.69 Å². The molecule has 0 spiro atoms. The van der Waals surface area contributed by atoms with Crippen LogP contribution in [0.2, 0.25) is 0 Å². The van der Waals surface area contributed by atoms with Gasteiger partial charge in [0.05, 0.1) is 24.2 Å². The summed E-state index contributed by atoms with van der Waals surface area (Å²) in [7, 11) is 0.